The van der Waals surface area contributed by atoms with Crippen molar-refractivity contribution < 1.29 is 28.2 Å². The summed E-state index contributed by atoms with van der Waals surface area (Å²) < 4.78 is 28.4. The molecule has 0 aliphatic heterocycles. The van der Waals surface area contributed by atoms with Crippen molar-refractivity contribution in [1.82, 2.24) is 0 Å². The Morgan fingerprint density at radius 3 is 2.13 bits per heavy atom. The van der Waals surface area contributed by atoms with Crippen molar-refractivity contribution >= 4 is 11.8 Å². The highest BCUT2D eigenvalue weighted by Crippen LogP contribution is 2.17. The zero-order chi connectivity index (χ0) is 16.8. The Kier molecular flexibility index (Phi) is 5.30. The summed E-state index contributed by atoms with van der Waals surface area (Å²) in [6, 6.07) is 10.1. The van der Waals surface area contributed by atoms with Crippen molar-refractivity contribution in [1.29, 1.82) is 0 Å². The maximum atomic E-state index is 13.7. The summed E-state index contributed by atoms with van der Waals surface area (Å²) in [5.74, 6) is -1.18. The second-order valence-corrected chi connectivity index (χ2v) is 4.57. The highest BCUT2D eigenvalue weighted by Gasteiger charge is 2.16. The Hall–Kier alpha value is -2.89. The van der Waals surface area contributed by atoms with E-state index in [1.54, 1.807) is 24.3 Å². The van der Waals surface area contributed by atoms with Crippen LogP contribution in [0.2, 0.25) is 0 Å². The number of ether oxygens (including phenoxy) is 3. The molecule has 0 N–H and O–H groups in total. The van der Waals surface area contributed by atoms with Gasteiger partial charge in [-0.05, 0) is 36.4 Å². The van der Waals surface area contributed by atoms with Crippen LogP contribution < -0.4 is 9.47 Å². The molecule has 2 aromatic carbocycles. The van der Waals surface area contributed by atoms with E-state index in [4.69, 9.17) is 14.2 Å². The van der Waals surface area contributed by atoms with Crippen molar-refractivity contribution in [2.75, 3.05) is 20.8 Å². The quantitative estimate of drug-likeness (QED) is 0.605. The van der Waals surface area contributed by atoms with Gasteiger partial charge in [0, 0.05) is 11.6 Å². The van der Waals surface area contributed by atoms with E-state index >= 15 is 0 Å². The molecule has 5 nitrogen and oxygen atoms in total. The minimum absolute atomic E-state index is 0.256. The first-order valence-corrected chi connectivity index (χ1v) is 6.73. The molecule has 2 aromatic rings. The zero-order valence-electron chi connectivity index (χ0n) is 12.7. The van der Waals surface area contributed by atoms with E-state index in [9.17, 15) is 14.0 Å². The number of methoxy groups -OCH3 is 2. The molecule has 0 bridgehead atoms. The smallest absolute Gasteiger partial charge is 0.341 e. The van der Waals surface area contributed by atoms with Crippen molar-refractivity contribution in [2.24, 2.45) is 0 Å². The van der Waals surface area contributed by atoms with Gasteiger partial charge in [0.2, 0.25) is 0 Å². The average Bonchev–Trinajstić information content (AvgIpc) is 2.59. The summed E-state index contributed by atoms with van der Waals surface area (Å²) >= 11 is 0. The topological polar surface area (TPSA) is 61.8 Å². The van der Waals surface area contributed by atoms with E-state index in [0.717, 1.165) is 6.07 Å². The number of Topliss-reactive ketones (excluding diaryl/α,β-unsaturated/α-hetero) is 1. The molecule has 120 valence electrons. The Labute approximate surface area is 132 Å². The molecule has 0 heterocycles. The number of halogens is 1. The number of hydrogen-bond donors (Lipinski definition) is 0. The Morgan fingerprint density at radius 1 is 0.957 bits per heavy atom. The van der Waals surface area contributed by atoms with E-state index in [1.165, 1.54) is 26.4 Å². The third kappa shape index (κ3) is 4.06. The lowest BCUT2D eigenvalue weighted by molar-refractivity contribution is 0.0470. The molecule has 0 atom stereocenters. The van der Waals surface area contributed by atoms with Gasteiger partial charge in [0.25, 0.3) is 0 Å². The molecule has 0 amide bonds. The summed E-state index contributed by atoms with van der Waals surface area (Å²) in [7, 11) is 2.91. The van der Waals surface area contributed by atoms with Gasteiger partial charge in [0.1, 0.15) is 17.3 Å². The number of benzene rings is 2. The Morgan fingerprint density at radius 2 is 1.57 bits per heavy atom. The molecular formula is C17H15FO5. The van der Waals surface area contributed by atoms with Crippen LogP contribution in [0.4, 0.5) is 4.39 Å². The zero-order valence-corrected chi connectivity index (χ0v) is 12.7. The number of ketones is 1. The minimum atomic E-state index is -0.910. The largest absolute Gasteiger partial charge is 0.497 e. The lowest BCUT2D eigenvalue weighted by atomic mass is 10.1. The predicted octanol–water partition coefficient (Wildman–Crippen LogP) is 2.88. The van der Waals surface area contributed by atoms with E-state index < -0.39 is 24.2 Å². The monoisotopic (exact) mass is 318 g/mol. The van der Waals surface area contributed by atoms with E-state index in [2.05, 4.69) is 0 Å². The van der Waals surface area contributed by atoms with Gasteiger partial charge in [-0.1, -0.05) is 0 Å². The second kappa shape index (κ2) is 7.40. The first-order chi connectivity index (χ1) is 11.0. The van der Waals surface area contributed by atoms with Crippen molar-refractivity contribution in [3.8, 4) is 11.5 Å². The molecule has 0 saturated heterocycles. The van der Waals surface area contributed by atoms with Crippen LogP contribution in [0.3, 0.4) is 0 Å². The van der Waals surface area contributed by atoms with Crippen LogP contribution >= 0.6 is 0 Å². The molecule has 0 aliphatic rings. The third-order valence-electron chi connectivity index (χ3n) is 3.14. The molecule has 0 saturated carbocycles. The molecule has 0 spiro atoms. The maximum absolute atomic E-state index is 13.7. The van der Waals surface area contributed by atoms with Gasteiger partial charge in [-0.25, -0.2) is 9.18 Å². The van der Waals surface area contributed by atoms with E-state index in [1.807, 2.05) is 0 Å². The van der Waals surface area contributed by atoms with Crippen LogP contribution in [0.5, 0.6) is 11.5 Å². The maximum Gasteiger partial charge on any atom is 0.341 e. The summed E-state index contributed by atoms with van der Waals surface area (Å²) in [5, 5.41) is 0. The van der Waals surface area contributed by atoms with Crippen LogP contribution in [0, 0.1) is 5.82 Å². The van der Waals surface area contributed by atoms with Crippen LogP contribution in [-0.4, -0.2) is 32.6 Å². The summed E-state index contributed by atoms with van der Waals surface area (Å²) in [4.78, 5) is 23.8. The number of esters is 1. The molecule has 0 unspecified atom stereocenters. The van der Waals surface area contributed by atoms with Crippen molar-refractivity contribution in [3.05, 3.63) is 59.4 Å². The number of carbonyl (C=O) groups is 2. The lowest BCUT2D eigenvalue weighted by Crippen LogP contribution is -2.15. The summed E-state index contributed by atoms with van der Waals surface area (Å²) in [6.45, 7) is -0.476. The van der Waals surface area contributed by atoms with Gasteiger partial charge in [-0.15, -0.1) is 0 Å². The van der Waals surface area contributed by atoms with E-state index in [0.29, 0.717) is 11.3 Å². The van der Waals surface area contributed by atoms with E-state index in [-0.39, 0.29) is 11.3 Å². The standard InChI is InChI=1S/C17H15FO5/c1-21-12-5-3-11(4-6-12)16(19)10-23-17(20)14-8-7-13(22-2)9-15(14)18/h3-9H,10H2,1-2H3. The summed E-state index contributed by atoms with van der Waals surface area (Å²) in [6.07, 6.45) is 0. The van der Waals surface area contributed by atoms with Gasteiger partial charge in [-0.2, -0.15) is 0 Å². The fourth-order valence-corrected chi connectivity index (χ4v) is 1.86. The van der Waals surface area contributed by atoms with Gasteiger partial charge in [-0.3, -0.25) is 4.79 Å². The summed E-state index contributed by atoms with van der Waals surface area (Å²) in [5.41, 5.74) is 0.113. The lowest BCUT2D eigenvalue weighted by Gasteiger charge is -2.07. The van der Waals surface area contributed by atoms with Crippen molar-refractivity contribution in [2.45, 2.75) is 0 Å². The minimum Gasteiger partial charge on any atom is -0.497 e. The Bertz CT molecular complexity index is 709. The number of rotatable bonds is 6. The molecule has 6 heteroatoms. The molecule has 23 heavy (non-hydrogen) atoms. The molecule has 0 fully saturated rings. The molecule has 0 radical (unpaired) electrons. The van der Waals surface area contributed by atoms with Gasteiger partial charge >= 0.3 is 5.97 Å². The fourth-order valence-electron chi connectivity index (χ4n) is 1.86. The number of carbonyl (C=O) groups excluding carboxylic acids is 2. The van der Waals surface area contributed by atoms with Gasteiger partial charge in [0.15, 0.2) is 12.4 Å². The first kappa shape index (κ1) is 16.5. The predicted molar refractivity (Wildman–Crippen MR) is 80.6 cm³/mol. The number of hydrogen-bond acceptors (Lipinski definition) is 5. The van der Waals surface area contributed by atoms with Crippen LogP contribution in [-0.2, 0) is 4.74 Å². The SMILES string of the molecule is COc1ccc(C(=O)COC(=O)c2ccc(OC)cc2F)cc1. The normalized spacial score (nSPS) is 10.0. The fraction of sp³-hybridized carbons (Fsp3) is 0.176. The first-order valence-electron chi connectivity index (χ1n) is 6.73. The van der Waals surface area contributed by atoms with Crippen LogP contribution in [0.1, 0.15) is 20.7 Å². The highest BCUT2D eigenvalue weighted by atomic mass is 19.1. The van der Waals surface area contributed by atoms with Gasteiger partial charge < -0.3 is 14.2 Å². The van der Waals surface area contributed by atoms with Crippen LogP contribution in [0.25, 0.3) is 0 Å². The Balaban J connectivity index is 1.99. The molecular weight excluding hydrogens is 303 g/mol. The average molecular weight is 318 g/mol. The van der Waals surface area contributed by atoms with Gasteiger partial charge in [0.05, 0.1) is 19.8 Å². The molecule has 2 rings (SSSR count). The molecule has 0 aliphatic carbocycles. The highest BCUT2D eigenvalue weighted by molar-refractivity contribution is 5.99. The van der Waals surface area contributed by atoms with Crippen molar-refractivity contribution in [3.63, 3.8) is 0 Å². The van der Waals surface area contributed by atoms with Crippen LogP contribution in [0.15, 0.2) is 42.5 Å². The molecule has 0 aromatic heterocycles. The second-order valence-electron chi connectivity index (χ2n) is 4.57. The third-order valence-corrected chi connectivity index (χ3v) is 3.14.